The molecule has 0 bridgehead atoms. The van der Waals surface area contributed by atoms with Crippen molar-refractivity contribution in [2.45, 2.75) is 26.3 Å². The first-order chi connectivity index (χ1) is 14.4. The molecule has 2 amide bonds. The minimum absolute atomic E-state index is 0.00553. The minimum Gasteiger partial charge on any atom is -0.368 e. The number of anilines is 1. The Bertz CT molecular complexity index is 884. The fourth-order valence-electron chi connectivity index (χ4n) is 3.62. The Morgan fingerprint density at radius 2 is 1.80 bits per heavy atom. The molecule has 0 radical (unpaired) electrons. The number of piperazine rings is 1. The van der Waals surface area contributed by atoms with Gasteiger partial charge in [0.1, 0.15) is 0 Å². The largest absolute Gasteiger partial charge is 0.368 e. The maximum absolute atomic E-state index is 12.7. The first-order valence-electron chi connectivity index (χ1n) is 10.2. The lowest BCUT2D eigenvalue weighted by Crippen LogP contribution is -2.49. The molecular formula is C23H27BrClN3O2. The first kappa shape index (κ1) is 22.6. The molecule has 0 spiro atoms. The molecule has 1 aliphatic heterocycles. The number of halogens is 2. The Morgan fingerprint density at radius 1 is 1.07 bits per heavy atom. The third-order valence-corrected chi connectivity index (χ3v) is 5.97. The molecule has 30 heavy (non-hydrogen) atoms. The van der Waals surface area contributed by atoms with Crippen molar-refractivity contribution in [1.82, 2.24) is 10.2 Å². The van der Waals surface area contributed by atoms with Gasteiger partial charge in [0.25, 0.3) is 0 Å². The average Bonchev–Trinajstić information content (AvgIpc) is 2.72. The van der Waals surface area contributed by atoms with Gasteiger partial charge in [-0.25, -0.2) is 0 Å². The van der Waals surface area contributed by atoms with Gasteiger partial charge >= 0.3 is 0 Å². The van der Waals surface area contributed by atoms with Crippen LogP contribution >= 0.6 is 27.5 Å². The van der Waals surface area contributed by atoms with E-state index in [0.717, 1.165) is 33.8 Å². The molecule has 5 nitrogen and oxygen atoms in total. The van der Waals surface area contributed by atoms with Crippen molar-refractivity contribution in [2.24, 2.45) is 5.92 Å². The summed E-state index contributed by atoms with van der Waals surface area (Å²) in [6.07, 6.45) is 0.740. The Morgan fingerprint density at radius 3 is 2.50 bits per heavy atom. The summed E-state index contributed by atoms with van der Waals surface area (Å²) in [5.74, 6) is 0.0973. The van der Waals surface area contributed by atoms with Crippen LogP contribution in [0.4, 0.5) is 5.69 Å². The zero-order valence-corrected chi connectivity index (χ0v) is 19.5. The number of nitrogens with one attached hydrogen (secondary N) is 1. The van der Waals surface area contributed by atoms with E-state index in [-0.39, 0.29) is 17.7 Å². The van der Waals surface area contributed by atoms with Crippen molar-refractivity contribution in [1.29, 1.82) is 0 Å². The molecule has 2 aromatic carbocycles. The molecule has 7 heteroatoms. The topological polar surface area (TPSA) is 52.7 Å². The van der Waals surface area contributed by atoms with E-state index in [9.17, 15) is 9.59 Å². The van der Waals surface area contributed by atoms with Gasteiger partial charge in [-0.3, -0.25) is 9.59 Å². The van der Waals surface area contributed by atoms with E-state index in [1.807, 2.05) is 60.4 Å². The standard InChI is InChI=1S/C23H27BrClN3O2/c1-17(12-22(29)26-16-18-4-2-5-19(24)14-18)13-23(30)28-10-8-27(9-11-28)21-7-3-6-20(25)15-21/h2-7,14-15,17H,8-13,16H2,1H3,(H,26,29)/t17-/m0/s1. The third-order valence-electron chi connectivity index (χ3n) is 5.24. The summed E-state index contributed by atoms with van der Waals surface area (Å²) in [7, 11) is 0. The summed E-state index contributed by atoms with van der Waals surface area (Å²) in [5.41, 5.74) is 2.13. The minimum atomic E-state index is -0.0268. The Labute approximate surface area is 191 Å². The molecule has 0 saturated carbocycles. The second-order valence-electron chi connectivity index (χ2n) is 7.77. The number of carbonyl (C=O) groups excluding carboxylic acids is 2. The van der Waals surface area contributed by atoms with Crippen LogP contribution in [-0.2, 0) is 16.1 Å². The lowest BCUT2D eigenvalue weighted by molar-refractivity contribution is -0.132. The van der Waals surface area contributed by atoms with E-state index in [1.165, 1.54) is 0 Å². The second kappa shape index (κ2) is 10.8. The number of rotatable bonds is 7. The van der Waals surface area contributed by atoms with Crippen LogP contribution in [0, 0.1) is 5.92 Å². The Hall–Kier alpha value is -2.05. The van der Waals surface area contributed by atoms with Crippen LogP contribution in [-0.4, -0.2) is 42.9 Å². The molecular weight excluding hydrogens is 466 g/mol. The third kappa shape index (κ3) is 6.74. The van der Waals surface area contributed by atoms with Crippen LogP contribution in [0.3, 0.4) is 0 Å². The number of hydrogen-bond acceptors (Lipinski definition) is 3. The molecule has 0 aliphatic carbocycles. The normalized spacial score (nSPS) is 15.0. The summed E-state index contributed by atoms with van der Waals surface area (Å²) < 4.78 is 0.990. The predicted molar refractivity (Wildman–Crippen MR) is 125 cm³/mol. The van der Waals surface area contributed by atoms with Crippen LogP contribution in [0.25, 0.3) is 0 Å². The van der Waals surface area contributed by atoms with E-state index in [4.69, 9.17) is 11.6 Å². The number of amides is 2. The predicted octanol–water partition coefficient (Wildman–Crippen LogP) is 4.48. The van der Waals surface area contributed by atoms with Gasteiger partial charge in [-0.15, -0.1) is 0 Å². The summed E-state index contributed by atoms with van der Waals surface area (Å²) >= 11 is 9.51. The lowest BCUT2D eigenvalue weighted by atomic mass is 10.0. The summed E-state index contributed by atoms with van der Waals surface area (Å²) in [6, 6.07) is 15.6. The molecule has 1 aliphatic rings. The van der Waals surface area contributed by atoms with Crippen molar-refractivity contribution in [3.63, 3.8) is 0 Å². The number of benzene rings is 2. The van der Waals surface area contributed by atoms with Crippen LogP contribution in [0.2, 0.25) is 5.02 Å². The van der Waals surface area contributed by atoms with E-state index in [0.29, 0.717) is 32.5 Å². The molecule has 1 saturated heterocycles. The number of hydrogen-bond donors (Lipinski definition) is 1. The lowest BCUT2D eigenvalue weighted by Gasteiger charge is -2.36. The second-order valence-corrected chi connectivity index (χ2v) is 9.12. The highest BCUT2D eigenvalue weighted by Gasteiger charge is 2.23. The number of nitrogens with zero attached hydrogens (tertiary/aromatic N) is 2. The summed E-state index contributed by atoms with van der Waals surface area (Å²) in [5, 5.41) is 3.66. The van der Waals surface area contributed by atoms with Crippen LogP contribution in [0.1, 0.15) is 25.3 Å². The molecule has 160 valence electrons. The van der Waals surface area contributed by atoms with Crippen molar-refractivity contribution >= 4 is 45.0 Å². The highest BCUT2D eigenvalue weighted by atomic mass is 79.9. The molecule has 0 unspecified atom stereocenters. The summed E-state index contributed by atoms with van der Waals surface area (Å²) in [6.45, 7) is 5.39. The molecule has 3 rings (SSSR count). The Kier molecular flexibility index (Phi) is 8.16. The fraction of sp³-hybridized carbons (Fsp3) is 0.391. The van der Waals surface area contributed by atoms with E-state index < -0.39 is 0 Å². The smallest absolute Gasteiger partial charge is 0.222 e. The van der Waals surface area contributed by atoms with Crippen molar-refractivity contribution in [3.8, 4) is 0 Å². The zero-order chi connectivity index (χ0) is 21.5. The SMILES string of the molecule is C[C@@H](CC(=O)NCc1cccc(Br)c1)CC(=O)N1CCN(c2cccc(Cl)c2)CC1. The van der Waals surface area contributed by atoms with E-state index in [2.05, 4.69) is 26.1 Å². The van der Waals surface area contributed by atoms with Crippen LogP contribution < -0.4 is 10.2 Å². The average molecular weight is 493 g/mol. The van der Waals surface area contributed by atoms with Crippen molar-refractivity contribution in [2.75, 3.05) is 31.1 Å². The van der Waals surface area contributed by atoms with E-state index in [1.54, 1.807) is 0 Å². The fourth-order valence-corrected chi connectivity index (χ4v) is 4.25. The van der Waals surface area contributed by atoms with E-state index >= 15 is 0 Å². The quantitative estimate of drug-likeness (QED) is 0.620. The van der Waals surface area contributed by atoms with Gasteiger partial charge in [-0.1, -0.05) is 52.7 Å². The van der Waals surface area contributed by atoms with Crippen molar-refractivity contribution in [3.05, 3.63) is 63.6 Å². The number of carbonyl (C=O) groups is 2. The monoisotopic (exact) mass is 491 g/mol. The Balaban J connectivity index is 1.39. The van der Waals surface area contributed by atoms with Gasteiger partial charge < -0.3 is 15.1 Å². The van der Waals surface area contributed by atoms with Crippen molar-refractivity contribution < 1.29 is 9.59 Å². The van der Waals surface area contributed by atoms with Gasteiger partial charge in [-0.2, -0.15) is 0 Å². The van der Waals surface area contributed by atoms with Crippen LogP contribution in [0.15, 0.2) is 53.0 Å². The zero-order valence-electron chi connectivity index (χ0n) is 17.1. The maximum Gasteiger partial charge on any atom is 0.222 e. The van der Waals surface area contributed by atoms with Gasteiger partial charge in [0.2, 0.25) is 11.8 Å². The first-order valence-corrected chi connectivity index (χ1v) is 11.4. The molecule has 1 heterocycles. The van der Waals surface area contributed by atoms with Gasteiger partial charge in [0.05, 0.1) is 0 Å². The molecule has 0 aromatic heterocycles. The van der Waals surface area contributed by atoms with Gasteiger partial charge in [0, 0.05) is 60.7 Å². The van der Waals surface area contributed by atoms with Crippen LogP contribution in [0.5, 0.6) is 0 Å². The molecule has 1 atom stereocenters. The molecule has 1 N–H and O–H groups in total. The molecule has 1 fully saturated rings. The summed E-state index contributed by atoms with van der Waals surface area (Å²) in [4.78, 5) is 29.0. The highest BCUT2D eigenvalue weighted by Crippen LogP contribution is 2.21. The maximum atomic E-state index is 12.7. The van der Waals surface area contributed by atoms with Gasteiger partial charge in [0.15, 0.2) is 0 Å². The molecule has 2 aromatic rings. The van der Waals surface area contributed by atoms with Gasteiger partial charge in [-0.05, 0) is 41.8 Å². The highest BCUT2D eigenvalue weighted by molar-refractivity contribution is 9.10.